The highest BCUT2D eigenvalue weighted by atomic mass is 32.1. The fourth-order valence-corrected chi connectivity index (χ4v) is 3.74. The van der Waals surface area contributed by atoms with Crippen molar-refractivity contribution in [2.45, 2.75) is 32.1 Å². The average molecular weight is 362 g/mol. The number of aryl methyl sites for hydroxylation is 1. The minimum absolute atomic E-state index is 0.0716. The van der Waals surface area contributed by atoms with Crippen LogP contribution in [0.5, 0.6) is 0 Å². The van der Waals surface area contributed by atoms with Gasteiger partial charge >= 0.3 is 0 Å². The van der Waals surface area contributed by atoms with Gasteiger partial charge in [-0.3, -0.25) is 9.59 Å². The molecule has 6 nitrogen and oxygen atoms in total. The molecule has 1 aliphatic heterocycles. The normalized spacial score (nSPS) is 20.3. The predicted octanol–water partition coefficient (Wildman–Crippen LogP) is 1.57. The van der Waals surface area contributed by atoms with E-state index in [9.17, 15) is 14.7 Å². The molecule has 1 amide bonds. The Morgan fingerprint density at radius 1 is 1.44 bits per heavy atom. The lowest BCUT2D eigenvalue weighted by atomic mass is 10.0. The van der Waals surface area contributed by atoms with E-state index in [2.05, 4.69) is 0 Å². The van der Waals surface area contributed by atoms with Gasteiger partial charge in [-0.2, -0.15) is 11.3 Å². The monoisotopic (exact) mass is 362 g/mol. The number of hydrogen-bond donors (Lipinski definition) is 1. The Labute approximate surface area is 150 Å². The number of rotatable bonds is 4. The topological polar surface area (TPSA) is 71.8 Å². The Balaban J connectivity index is 1.75. The Morgan fingerprint density at radius 2 is 2.24 bits per heavy atom. The molecular formula is C18H22N2O4S. The zero-order chi connectivity index (χ0) is 18.0. The van der Waals surface area contributed by atoms with Gasteiger partial charge in [0.25, 0.3) is 11.5 Å². The summed E-state index contributed by atoms with van der Waals surface area (Å²) < 4.78 is 7.17. The summed E-state index contributed by atoms with van der Waals surface area (Å²) in [5.74, 6) is -0.383. The standard InChI is InChI=1S/C18H22N2O4S/c1-13-4-3-5-16(21)20(13)12-18(2,23)17(22)19-7-8-24-15(10-19)14-6-9-25-11-14/h3-6,9,11,15,23H,7-8,10,12H2,1-2H3. The number of pyridine rings is 1. The van der Waals surface area contributed by atoms with Crippen molar-refractivity contribution < 1.29 is 14.6 Å². The second kappa shape index (κ2) is 7.11. The summed E-state index contributed by atoms with van der Waals surface area (Å²) in [4.78, 5) is 26.5. The summed E-state index contributed by atoms with van der Waals surface area (Å²) in [7, 11) is 0. The molecule has 0 spiro atoms. The van der Waals surface area contributed by atoms with Crippen molar-refractivity contribution in [2.75, 3.05) is 19.7 Å². The maximum atomic E-state index is 12.9. The van der Waals surface area contributed by atoms with Crippen LogP contribution in [0.1, 0.15) is 24.3 Å². The van der Waals surface area contributed by atoms with E-state index in [-0.39, 0.29) is 24.1 Å². The first kappa shape index (κ1) is 17.8. The van der Waals surface area contributed by atoms with Gasteiger partial charge in [-0.1, -0.05) is 6.07 Å². The number of carbonyl (C=O) groups is 1. The second-order valence-corrected chi connectivity index (χ2v) is 7.31. The Hall–Kier alpha value is -1.96. The lowest BCUT2D eigenvalue weighted by Gasteiger charge is -2.37. The van der Waals surface area contributed by atoms with Gasteiger partial charge < -0.3 is 19.3 Å². The molecule has 1 N–H and O–H groups in total. The third-order valence-electron chi connectivity index (χ3n) is 4.46. The van der Waals surface area contributed by atoms with Crippen LogP contribution < -0.4 is 5.56 Å². The lowest BCUT2D eigenvalue weighted by molar-refractivity contribution is -0.158. The molecular weight excluding hydrogens is 340 g/mol. The van der Waals surface area contributed by atoms with Crippen LogP contribution in [0.3, 0.4) is 0 Å². The number of nitrogens with zero attached hydrogens (tertiary/aromatic N) is 2. The van der Waals surface area contributed by atoms with Crippen molar-refractivity contribution in [3.8, 4) is 0 Å². The molecule has 3 heterocycles. The highest BCUT2D eigenvalue weighted by molar-refractivity contribution is 7.07. The molecule has 2 atom stereocenters. The molecule has 1 fully saturated rings. The molecule has 1 saturated heterocycles. The van der Waals surface area contributed by atoms with Crippen LogP contribution in [0.4, 0.5) is 0 Å². The van der Waals surface area contributed by atoms with E-state index < -0.39 is 5.60 Å². The molecule has 0 bridgehead atoms. The van der Waals surface area contributed by atoms with Gasteiger partial charge in [0.15, 0.2) is 5.60 Å². The third kappa shape index (κ3) is 3.84. The molecule has 7 heteroatoms. The summed E-state index contributed by atoms with van der Waals surface area (Å²) in [6, 6.07) is 6.85. The molecule has 2 aromatic rings. The number of thiophene rings is 1. The average Bonchev–Trinajstić information content (AvgIpc) is 3.12. The summed E-state index contributed by atoms with van der Waals surface area (Å²) in [5.41, 5.74) is -0.144. The molecule has 3 rings (SSSR count). The van der Waals surface area contributed by atoms with Crippen molar-refractivity contribution >= 4 is 17.2 Å². The molecule has 25 heavy (non-hydrogen) atoms. The summed E-state index contributed by atoms with van der Waals surface area (Å²) >= 11 is 1.58. The number of aliphatic hydroxyl groups is 1. The van der Waals surface area contributed by atoms with E-state index in [4.69, 9.17) is 4.74 Å². The van der Waals surface area contributed by atoms with Crippen LogP contribution in [0, 0.1) is 6.92 Å². The quantitative estimate of drug-likeness (QED) is 0.896. The van der Waals surface area contributed by atoms with Crippen molar-refractivity contribution in [3.63, 3.8) is 0 Å². The molecule has 1 aliphatic rings. The highest BCUT2D eigenvalue weighted by Crippen LogP contribution is 2.25. The van der Waals surface area contributed by atoms with Crippen LogP contribution in [0.25, 0.3) is 0 Å². The summed E-state index contributed by atoms with van der Waals surface area (Å²) in [5, 5.41) is 14.7. The first-order chi connectivity index (χ1) is 11.9. The second-order valence-electron chi connectivity index (χ2n) is 6.53. The minimum Gasteiger partial charge on any atom is -0.378 e. The molecule has 2 unspecified atom stereocenters. The maximum Gasteiger partial charge on any atom is 0.256 e. The van der Waals surface area contributed by atoms with E-state index in [0.717, 1.165) is 5.56 Å². The van der Waals surface area contributed by atoms with Gasteiger partial charge in [0.05, 0.1) is 19.7 Å². The van der Waals surface area contributed by atoms with Crippen molar-refractivity contribution in [3.05, 3.63) is 56.6 Å². The zero-order valence-corrected chi connectivity index (χ0v) is 15.2. The zero-order valence-electron chi connectivity index (χ0n) is 14.3. The molecule has 0 radical (unpaired) electrons. The molecule has 134 valence electrons. The van der Waals surface area contributed by atoms with Crippen molar-refractivity contribution in [1.82, 2.24) is 9.47 Å². The Bertz CT molecular complexity index is 798. The molecule has 0 aromatic carbocycles. The fourth-order valence-electron chi connectivity index (χ4n) is 3.04. The summed E-state index contributed by atoms with van der Waals surface area (Å²) in [6.07, 6.45) is -0.180. The van der Waals surface area contributed by atoms with Gasteiger partial charge in [-0.25, -0.2) is 0 Å². The van der Waals surface area contributed by atoms with E-state index in [1.807, 2.05) is 16.8 Å². The smallest absolute Gasteiger partial charge is 0.256 e. The minimum atomic E-state index is -1.66. The predicted molar refractivity (Wildman–Crippen MR) is 95.7 cm³/mol. The number of amides is 1. The highest BCUT2D eigenvalue weighted by Gasteiger charge is 2.38. The van der Waals surface area contributed by atoms with Crippen molar-refractivity contribution in [1.29, 1.82) is 0 Å². The van der Waals surface area contributed by atoms with Crippen LogP contribution in [-0.2, 0) is 16.1 Å². The van der Waals surface area contributed by atoms with Gasteiger partial charge in [0.2, 0.25) is 0 Å². The fraction of sp³-hybridized carbons (Fsp3) is 0.444. The number of morpholine rings is 1. The van der Waals surface area contributed by atoms with Gasteiger partial charge in [-0.05, 0) is 42.3 Å². The number of ether oxygens (including phenoxy) is 1. The first-order valence-electron chi connectivity index (χ1n) is 8.20. The van der Waals surface area contributed by atoms with Gasteiger partial charge in [0, 0.05) is 18.3 Å². The molecule has 2 aromatic heterocycles. The van der Waals surface area contributed by atoms with Crippen LogP contribution in [0.15, 0.2) is 39.8 Å². The van der Waals surface area contributed by atoms with Crippen LogP contribution in [0.2, 0.25) is 0 Å². The largest absolute Gasteiger partial charge is 0.378 e. The first-order valence-corrected chi connectivity index (χ1v) is 9.15. The number of aromatic nitrogens is 1. The lowest BCUT2D eigenvalue weighted by Crippen LogP contribution is -2.54. The Kier molecular flexibility index (Phi) is 5.08. The number of hydrogen-bond acceptors (Lipinski definition) is 5. The maximum absolute atomic E-state index is 12.9. The van der Waals surface area contributed by atoms with Crippen LogP contribution in [-0.4, -0.2) is 45.8 Å². The van der Waals surface area contributed by atoms with E-state index in [0.29, 0.717) is 25.4 Å². The van der Waals surface area contributed by atoms with Gasteiger partial charge in [-0.15, -0.1) is 0 Å². The van der Waals surface area contributed by atoms with Crippen molar-refractivity contribution in [2.24, 2.45) is 0 Å². The number of carbonyl (C=O) groups excluding carboxylic acids is 1. The SMILES string of the molecule is Cc1cccc(=O)n1CC(C)(O)C(=O)N1CCOC(c2ccsc2)C1. The summed E-state index contributed by atoms with van der Waals surface area (Å²) in [6.45, 7) is 4.42. The Morgan fingerprint density at radius 3 is 2.92 bits per heavy atom. The van der Waals surface area contributed by atoms with E-state index >= 15 is 0 Å². The van der Waals surface area contributed by atoms with E-state index in [1.165, 1.54) is 17.6 Å². The van der Waals surface area contributed by atoms with E-state index in [1.54, 1.807) is 35.3 Å². The third-order valence-corrected chi connectivity index (χ3v) is 5.16. The van der Waals surface area contributed by atoms with Gasteiger partial charge in [0.1, 0.15) is 6.10 Å². The molecule has 0 aliphatic carbocycles. The molecule has 0 saturated carbocycles. The van der Waals surface area contributed by atoms with Crippen LogP contribution >= 0.6 is 11.3 Å².